The van der Waals surface area contributed by atoms with E-state index in [0.717, 1.165) is 19.3 Å². The molecule has 0 heterocycles. The summed E-state index contributed by atoms with van der Waals surface area (Å²) in [5.41, 5.74) is 1.03. The largest absolute Gasteiger partial charge is 0.513 e. The number of fused-ring (bicyclic) bond motifs is 2. The second-order valence-corrected chi connectivity index (χ2v) is 6.85. The van der Waals surface area contributed by atoms with Gasteiger partial charge in [0.05, 0.1) is 12.2 Å². The molecular weight excluding hydrogens is 356 g/mol. The summed E-state index contributed by atoms with van der Waals surface area (Å²) in [6, 6.07) is 11.3. The SMILES string of the molecule is CCCCCCCCOC(=O)Oc1cccc2c1C(=O)c1ccccc1C2=O. The van der Waals surface area contributed by atoms with Crippen LogP contribution in [0.4, 0.5) is 4.79 Å². The zero-order valence-corrected chi connectivity index (χ0v) is 16.0. The van der Waals surface area contributed by atoms with Crippen molar-refractivity contribution in [3.63, 3.8) is 0 Å². The van der Waals surface area contributed by atoms with Gasteiger partial charge in [0.15, 0.2) is 11.6 Å². The minimum atomic E-state index is -0.860. The van der Waals surface area contributed by atoms with Gasteiger partial charge < -0.3 is 9.47 Å². The fourth-order valence-electron chi connectivity index (χ4n) is 3.36. The first-order valence-corrected chi connectivity index (χ1v) is 9.79. The van der Waals surface area contributed by atoms with Gasteiger partial charge in [-0.2, -0.15) is 0 Å². The van der Waals surface area contributed by atoms with Gasteiger partial charge >= 0.3 is 6.16 Å². The first kappa shape index (κ1) is 19.8. The third-order valence-corrected chi connectivity index (χ3v) is 4.83. The summed E-state index contributed by atoms with van der Waals surface area (Å²) in [5.74, 6) is -0.529. The van der Waals surface area contributed by atoms with Crippen LogP contribution in [-0.4, -0.2) is 24.3 Å². The van der Waals surface area contributed by atoms with Gasteiger partial charge in [0.2, 0.25) is 0 Å². The molecular formula is C23H24O5. The maximum absolute atomic E-state index is 12.9. The van der Waals surface area contributed by atoms with E-state index in [-0.39, 0.29) is 35.0 Å². The van der Waals surface area contributed by atoms with Crippen LogP contribution in [0.25, 0.3) is 0 Å². The lowest BCUT2D eigenvalue weighted by atomic mass is 9.84. The lowest BCUT2D eigenvalue weighted by Gasteiger charge is -2.19. The van der Waals surface area contributed by atoms with Gasteiger partial charge in [0, 0.05) is 16.7 Å². The van der Waals surface area contributed by atoms with E-state index < -0.39 is 6.16 Å². The Kier molecular flexibility index (Phi) is 6.58. The smallest absolute Gasteiger partial charge is 0.434 e. The number of ketones is 2. The van der Waals surface area contributed by atoms with Crippen molar-refractivity contribution in [1.29, 1.82) is 0 Å². The summed E-state index contributed by atoms with van der Waals surface area (Å²) in [6.07, 6.45) is 5.63. The molecule has 2 aromatic carbocycles. The van der Waals surface area contributed by atoms with Crippen LogP contribution in [0.3, 0.4) is 0 Å². The molecule has 0 N–H and O–H groups in total. The van der Waals surface area contributed by atoms with Gasteiger partial charge in [-0.05, 0) is 12.5 Å². The van der Waals surface area contributed by atoms with Crippen molar-refractivity contribution in [3.05, 3.63) is 64.7 Å². The van der Waals surface area contributed by atoms with Crippen molar-refractivity contribution in [1.82, 2.24) is 0 Å². The first-order chi connectivity index (χ1) is 13.6. The van der Waals surface area contributed by atoms with E-state index in [2.05, 4.69) is 6.92 Å². The lowest BCUT2D eigenvalue weighted by Crippen LogP contribution is -2.23. The predicted octanol–water partition coefficient (Wildman–Crippen LogP) is 5.34. The number of carbonyl (C=O) groups is 3. The molecule has 0 saturated carbocycles. The molecule has 0 fully saturated rings. The van der Waals surface area contributed by atoms with Gasteiger partial charge in [-0.3, -0.25) is 9.59 Å². The minimum Gasteiger partial charge on any atom is -0.434 e. The predicted molar refractivity (Wildman–Crippen MR) is 105 cm³/mol. The van der Waals surface area contributed by atoms with Gasteiger partial charge in [0.1, 0.15) is 5.75 Å². The van der Waals surface area contributed by atoms with Crippen LogP contribution in [0.1, 0.15) is 77.3 Å². The highest BCUT2D eigenvalue weighted by Crippen LogP contribution is 2.33. The molecule has 3 rings (SSSR count). The van der Waals surface area contributed by atoms with Crippen molar-refractivity contribution < 1.29 is 23.9 Å². The number of hydrogen-bond acceptors (Lipinski definition) is 5. The summed E-state index contributed by atoms with van der Waals surface area (Å²) < 4.78 is 10.4. The standard InChI is InChI=1S/C23H24O5/c1-2-3-4-5-6-9-15-27-23(26)28-19-14-10-13-18-20(19)22(25)17-12-8-7-11-16(17)21(18)24/h7-8,10-14H,2-6,9,15H2,1H3. The Morgan fingerprint density at radius 1 is 0.786 bits per heavy atom. The van der Waals surface area contributed by atoms with Crippen LogP contribution >= 0.6 is 0 Å². The van der Waals surface area contributed by atoms with Crippen molar-refractivity contribution in [2.75, 3.05) is 6.61 Å². The molecule has 1 aliphatic rings. The fourth-order valence-corrected chi connectivity index (χ4v) is 3.36. The van der Waals surface area contributed by atoms with Crippen LogP contribution in [0.2, 0.25) is 0 Å². The molecule has 0 aromatic heterocycles. The number of hydrogen-bond donors (Lipinski definition) is 0. The molecule has 0 spiro atoms. The summed E-state index contributed by atoms with van der Waals surface area (Å²) >= 11 is 0. The third-order valence-electron chi connectivity index (χ3n) is 4.83. The van der Waals surface area contributed by atoms with Crippen molar-refractivity contribution in [3.8, 4) is 5.75 Å². The number of rotatable bonds is 8. The summed E-state index contributed by atoms with van der Waals surface area (Å²) in [6.45, 7) is 2.44. The molecule has 0 radical (unpaired) electrons. The zero-order valence-electron chi connectivity index (χ0n) is 16.0. The Labute approximate surface area is 164 Å². The average molecular weight is 380 g/mol. The normalized spacial score (nSPS) is 12.3. The van der Waals surface area contributed by atoms with Crippen molar-refractivity contribution in [2.24, 2.45) is 0 Å². The molecule has 146 valence electrons. The number of ether oxygens (including phenoxy) is 2. The molecule has 2 aromatic rings. The van der Waals surface area contributed by atoms with E-state index in [4.69, 9.17) is 9.47 Å². The highest BCUT2D eigenvalue weighted by molar-refractivity contribution is 6.29. The topological polar surface area (TPSA) is 69.7 Å². The molecule has 0 unspecified atom stereocenters. The van der Waals surface area contributed by atoms with E-state index >= 15 is 0 Å². The average Bonchev–Trinajstić information content (AvgIpc) is 2.71. The van der Waals surface area contributed by atoms with E-state index in [1.54, 1.807) is 36.4 Å². The Bertz CT molecular complexity index is 884. The number of carbonyl (C=O) groups excluding carboxylic acids is 3. The van der Waals surface area contributed by atoms with Gasteiger partial charge in [-0.1, -0.05) is 75.4 Å². The van der Waals surface area contributed by atoms with Crippen molar-refractivity contribution in [2.45, 2.75) is 45.4 Å². The highest BCUT2D eigenvalue weighted by Gasteiger charge is 2.32. The van der Waals surface area contributed by atoms with Gasteiger partial charge in [-0.25, -0.2) is 4.79 Å². The van der Waals surface area contributed by atoms with Gasteiger partial charge in [-0.15, -0.1) is 0 Å². The van der Waals surface area contributed by atoms with Gasteiger partial charge in [0.25, 0.3) is 0 Å². The molecule has 0 atom stereocenters. The summed E-state index contributed by atoms with van der Waals surface area (Å²) in [5, 5.41) is 0. The monoisotopic (exact) mass is 380 g/mol. The molecule has 5 heteroatoms. The molecule has 1 aliphatic carbocycles. The number of benzene rings is 2. The Morgan fingerprint density at radius 2 is 1.43 bits per heavy atom. The molecule has 0 bridgehead atoms. The second-order valence-electron chi connectivity index (χ2n) is 6.85. The molecule has 5 nitrogen and oxygen atoms in total. The Morgan fingerprint density at radius 3 is 2.18 bits per heavy atom. The molecule has 0 aliphatic heterocycles. The summed E-state index contributed by atoms with van der Waals surface area (Å²) in [7, 11) is 0. The highest BCUT2D eigenvalue weighted by atomic mass is 16.7. The maximum atomic E-state index is 12.9. The maximum Gasteiger partial charge on any atom is 0.513 e. The van der Waals surface area contributed by atoms with E-state index in [1.807, 2.05) is 0 Å². The second kappa shape index (κ2) is 9.31. The van der Waals surface area contributed by atoms with E-state index in [9.17, 15) is 14.4 Å². The Balaban J connectivity index is 1.64. The molecule has 0 saturated heterocycles. The molecule has 28 heavy (non-hydrogen) atoms. The fraction of sp³-hybridized carbons (Fsp3) is 0.348. The van der Waals surface area contributed by atoms with Crippen LogP contribution in [0, 0.1) is 0 Å². The van der Waals surface area contributed by atoms with Crippen LogP contribution in [0.5, 0.6) is 5.75 Å². The van der Waals surface area contributed by atoms with Crippen LogP contribution in [-0.2, 0) is 4.74 Å². The van der Waals surface area contributed by atoms with Crippen LogP contribution in [0.15, 0.2) is 42.5 Å². The molecule has 0 amide bonds. The lowest BCUT2D eigenvalue weighted by molar-refractivity contribution is 0.0934. The van der Waals surface area contributed by atoms with E-state index in [0.29, 0.717) is 11.1 Å². The zero-order chi connectivity index (χ0) is 19.9. The minimum absolute atomic E-state index is 0.0540. The first-order valence-electron chi connectivity index (χ1n) is 9.79. The number of unbranched alkanes of at least 4 members (excludes halogenated alkanes) is 5. The summed E-state index contributed by atoms with van der Waals surface area (Å²) in [4.78, 5) is 37.6. The third kappa shape index (κ3) is 4.30. The van der Waals surface area contributed by atoms with Crippen molar-refractivity contribution >= 4 is 17.7 Å². The van der Waals surface area contributed by atoms with E-state index in [1.165, 1.54) is 25.3 Å². The van der Waals surface area contributed by atoms with Crippen LogP contribution < -0.4 is 4.74 Å². The Hall–Kier alpha value is -2.95. The quantitative estimate of drug-likeness (QED) is 0.300.